The molecule has 0 atom stereocenters. The van der Waals surface area contributed by atoms with E-state index in [4.69, 9.17) is 5.11 Å². The average Bonchev–Trinajstić information content (AvgIpc) is 2.24. The molecular weight excluding hydrogens is 283 g/mol. The minimum Gasteiger partial charge on any atom is -0.480 e. The summed E-state index contributed by atoms with van der Waals surface area (Å²) in [6.45, 7) is -1.36. The predicted molar refractivity (Wildman–Crippen MR) is 61.5 cm³/mol. The van der Waals surface area contributed by atoms with Crippen molar-refractivity contribution in [1.29, 1.82) is 0 Å². The highest BCUT2D eigenvalue weighted by atomic mass is 19.4. The molecule has 7 nitrogen and oxygen atoms in total. The van der Waals surface area contributed by atoms with Crippen LogP contribution >= 0.6 is 0 Å². The molecule has 0 aliphatic heterocycles. The number of aryl methyl sites for hydroxylation is 1. The molecule has 1 N–H and O–H groups in total. The first-order chi connectivity index (χ1) is 9.11. The number of anilines is 1. The summed E-state index contributed by atoms with van der Waals surface area (Å²) in [6, 6.07) is 1.26. The molecule has 0 saturated heterocycles. The Bertz CT molecular complexity index is 533. The van der Waals surface area contributed by atoms with E-state index in [0.29, 0.717) is 4.90 Å². The van der Waals surface area contributed by atoms with Gasteiger partial charge in [0.25, 0.3) is 0 Å². The zero-order valence-electron chi connectivity index (χ0n) is 10.2. The van der Waals surface area contributed by atoms with E-state index >= 15 is 0 Å². The number of nitro groups is 1. The van der Waals surface area contributed by atoms with Gasteiger partial charge < -0.3 is 10.0 Å². The fourth-order valence-electron chi connectivity index (χ4n) is 1.58. The topological polar surface area (TPSA) is 96.6 Å². The summed E-state index contributed by atoms with van der Waals surface area (Å²) in [7, 11) is 0. The van der Waals surface area contributed by atoms with Crippen molar-refractivity contribution in [2.75, 3.05) is 18.0 Å². The van der Waals surface area contributed by atoms with E-state index < -0.39 is 41.7 Å². The molecule has 0 spiro atoms. The molecule has 1 aromatic rings. The summed E-state index contributed by atoms with van der Waals surface area (Å²) in [5, 5.41) is 19.5. The fourth-order valence-corrected chi connectivity index (χ4v) is 1.58. The normalized spacial score (nSPS) is 11.2. The Morgan fingerprint density at radius 3 is 2.60 bits per heavy atom. The molecule has 0 aliphatic carbocycles. The van der Waals surface area contributed by atoms with Crippen LogP contribution in [0.2, 0.25) is 0 Å². The van der Waals surface area contributed by atoms with Crippen molar-refractivity contribution < 1.29 is 28.0 Å². The van der Waals surface area contributed by atoms with E-state index in [2.05, 4.69) is 4.98 Å². The Kier molecular flexibility index (Phi) is 4.48. The van der Waals surface area contributed by atoms with Crippen molar-refractivity contribution in [2.24, 2.45) is 0 Å². The average molecular weight is 293 g/mol. The number of hydrogen-bond acceptors (Lipinski definition) is 5. The van der Waals surface area contributed by atoms with Gasteiger partial charge in [-0.3, -0.25) is 14.9 Å². The summed E-state index contributed by atoms with van der Waals surface area (Å²) in [5.74, 6) is -2.17. The van der Waals surface area contributed by atoms with Gasteiger partial charge in [-0.1, -0.05) is 0 Å². The number of carboxylic acids is 1. The summed E-state index contributed by atoms with van der Waals surface area (Å²) >= 11 is 0. The molecule has 110 valence electrons. The van der Waals surface area contributed by atoms with Crippen LogP contribution in [0, 0.1) is 17.0 Å². The van der Waals surface area contributed by atoms with E-state index in [1.54, 1.807) is 0 Å². The lowest BCUT2D eigenvalue weighted by atomic mass is 10.2. The van der Waals surface area contributed by atoms with E-state index in [9.17, 15) is 28.1 Å². The van der Waals surface area contributed by atoms with E-state index in [1.807, 2.05) is 0 Å². The number of pyridine rings is 1. The predicted octanol–water partition coefficient (Wildman–Crippen LogP) is 1.75. The number of carbonyl (C=O) groups is 1. The molecule has 20 heavy (non-hydrogen) atoms. The molecule has 1 rings (SSSR count). The summed E-state index contributed by atoms with van der Waals surface area (Å²) in [6.07, 6.45) is -3.63. The van der Waals surface area contributed by atoms with Crippen molar-refractivity contribution in [3.8, 4) is 0 Å². The number of carboxylic acid groups (broad SMARTS) is 1. The van der Waals surface area contributed by atoms with Gasteiger partial charge >= 0.3 is 17.8 Å². The molecule has 0 aliphatic rings. The zero-order chi connectivity index (χ0) is 15.5. The molecule has 0 aromatic carbocycles. The van der Waals surface area contributed by atoms with Gasteiger partial charge in [0.2, 0.25) is 5.82 Å². The zero-order valence-corrected chi connectivity index (χ0v) is 10.2. The first-order valence-electron chi connectivity index (χ1n) is 5.25. The van der Waals surface area contributed by atoms with Crippen LogP contribution in [0.25, 0.3) is 0 Å². The molecule has 0 unspecified atom stereocenters. The molecule has 0 bridgehead atoms. The SMILES string of the molecule is Cc1ccnc(N(CC(=O)O)CC(F)(F)F)c1[N+](=O)[O-]. The van der Waals surface area contributed by atoms with Crippen LogP contribution < -0.4 is 4.90 Å². The summed E-state index contributed by atoms with van der Waals surface area (Å²) in [5.41, 5.74) is -0.546. The Morgan fingerprint density at radius 1 is 1.55 bits per heavy atom. The molecule has 0 fully saturated rings. The molecular formula is C10H10F3N3O4. The Morgan fingerprint density at radius 2 is 2.15 bits per heavy atom. The number of alkyl halides is 3. The molecule has 0 saturated carbocycles. The van der Waals surface area contributed by atoms with Crippen molar-refractivity contribution >= 4 is 17.5 Å². The first kappa shape index (κ1) is 15.7. The number of aliphatic carboxylic acids is 1. The van der Waals surface area contributed by atoms with E-state index in [-0.39, 0.29) is 5.56 Å². The Hall–Kier alpha value is -2.39. The largest absolute Gasteiger partial charge is 0.480 e. The Balaban J connectivity index is 3.30. The van der Waals surface area contributed by atoms with Crippen LogP contribution in [-0.4, -0.2) is 40.2 Å². The van der Waals surface area contributed by atoms with Gasteiger partial charge in [-0.2, -0.15) is 13.2 Å². The minimum atomic E-state index is -4.71. The van der Waals surface area contributed by atoms with Crippen LogP contribution in [0.4, 0.5) is 24.7 Å². The lowest BCUT2D eigenvalue weighted by molar-refractivity contribution is -0.384. The van der Waals surface area contributed by atoms with Crippen LogP contribution in [0.1, 0.15) is 5.56 Å². The number of hydrogen-bond donors (Lipinski definition) is 1. The summed E-state index contributed by atoms with van der Waals surface area (Å²) < 4.78 is 37.3. The van der Waals surface area contributed by atoms with Crippen LogP contribution in [0.15, 0.2) is 12.3 Å². The van der Waals surface area contributed by atoms with Gasteiger partial charge in [-0.15, -0.1) is 0 Å². The number of aromatic nitrogens is 1. The molecule has 10 heteroatoms. The van der Waals surface area contributed by atoms with Gasteiger partial charge in [-0.25, -0.2) is 4.98 Å². The molecule has 1 heterocycles. The second-order valence-electron chi connectivity index (χ2n) is 3.92. The van der Waals surface area contributed by atoms with Crippen LogP contribution in [0.3, 0.4) is 0 Å². The van der Waals surface area contributed by atoms with Gasteiger partial charge in [0, 0.05) is 11.8 Å². The maximum atomic E-state index is 12.4. The lowest BCUT2D eigenvalue weighted by Crippen LogP contribution is -2.38. The standard InChI is InChI=1S/C10H10F3N3O4/c1-6-2-3-14-9(8(6)16(19)20)15(4-7(17)18)5-10(11,12)13/h2-3H,4-5H2,1H3,(H,17,18). The minimum absolute atomic E-state index is 0.0950. The number of halogens is 3. The van der Waals surface area contributed by atoms with Crippen LogP contribution in [0.5, 0.6) is 0 Å². The Labute approximate surface area is 110 Å². The quantitative estimate of drug-likeness (QED) is 0.656. The highest BCUT2D eigenvalue weighted by Gasteiger charge is 2.35. The van der Waals surface area contributed by atoms with Gasteiger partial charge in [0.15, 0.2) is 0 Å². The molecule has 0 amide bonds. The third-order valence-electron chi connectivity index (χ3n) is 2.29. The second kappa shape index (κ2) is 5.72. The first-order valence-corrected chi connectivity index (χ1v) is 5.25. The maximum Gasteiger partial charge on any atom is 0.405 e. The van der Waals surface area contributed by atoms with Gasteiger partial charge in [-0.05, 0) is 13.0 Å². The van der Waals surface area contributed by atoms with Crippen molar-refractivity contribution in [1.82, 2.24) is 4.98 Å². The highest BCUT2D eigenvalue weighted by molar-refractivity contribution is 5.75. The molecule has 0 radical (unpaired) electrons. The monoisotopic (exact) mass is 293 g/mol. The van der Waals surface area contributed by atoms with Crippen molar-refractivity contribution in [2.45, 2.75) is 13.1 Å². The van der Waals surface area contributed by atoms with Gasteiger partial charge in [0.05, 0.1) is 4.92 Å². The second-order valence-corrected chi connectivity index (χ2v) is 3.92. The van der Waals surface area contributed by atoms with E-state index in [1.165, 1.54) is 13.0 Å². The maximum absolute atomic E-state index is 12.4. The highest BCUT2D eigenvalue weighted by Crippen LogP contribution is 2.30. The van der Waals surface area contributed by atoms with E-state index in [0.717, 1.165) is 6.20 Å². The van der Waals surface area contributed by atoms with Crippen molar-refractivity contribution in [3.63, 3.8) is 0 Å². The van der Waals surface area contributed by atoms with Crippen LogP contribution in [-0.2, 0) is 4.79 Å². The third kappa shape index (κ3) is 4.07. The third-order valence-corrected chi connectivity index (χ3v) is 2.29. The fraction of sp³-hybridized carbons (Fsp3) is 0.400. The number of nitrogens with zero attached hydrogens (tertiary/aromatic N) is 3. The smallest absolute Gasteiger partial charge is 0.405 e. The lowest BCUT2D eigenvalue weighted by Gasteiger charge is -2.23. The van der Waals surface area contributed by atoms with Crippen molar-refractivity contribution in [3.05, 3.63) is 27.9 Å². The molecule has 1 aromatic heterocycles. The van der Waals surface area contributed by atoms with Gasteiger partial charge in [0.1, 0.15) is 13.1 Å². The number of rotatable bonds is 5. The summed E-state index contributed by atoms with van der Waals surface area (Å²) in [4.78, 5) is 24.5.